The normalized spacial score (nSPS) is 31.4. The van der Waals surface area contributed by atoms with E-state index in [4.69, 9.17) is 0 Å². The molecule has 2 aliphatic rings. The molecule has 0 aromatic rings. The van der Waals surface area contributed by atoms with E-state index in [1.54, 1.807) is 0 Å². The summed E-state index contributed by atoms with van der Waals surface area (Å²) in [6, 6.07) is 1.01. The highest BCUT2D eigenvalue weighted by molar-refractivity contribution is 7.98. The number of likely N-dealkylation sites (N-methyl/N-ethyl adjacent to an activating group) is 1. The molecule has 3 nitrogen and oxygen atoms in total. The molecule has 1 heterocycles. The van der Waals surface area contributed by atoms with Crippen molar-refractivity contribution in [1.82, 2.24) is 10.2 Å². The van der Waals surface area contributed by atoms with Crippen molar-refractivity contribution in [3.8, 4) is 0 Å². The van der Waals surface area contributed by atoms with Crippen LogP contribution in [0.1, 0.15) is 51.9 Å². The molecule has 0 aromatic heterocycles. The average Bonchev–Trinajstić information content (AvgIpc) is 2.50. The van der Waals surface area contributed by atoms with Gasteiger partial charge in [0.25, 0.3) is 0 Å². The summed E-state index contributed by atoms with van der Waals surface area (Å²) in [6.45, 7) is 2.17. The van der Waals surface area contributed by atoms with Crippen LogP contribution in [-0.2, 0) is 4.79 Å². The zero-order chi connectivity index (χ0) is 14.5. The standard InChI is InChI=1S/C16H30N2OS/c1-12(10-11-20-3)18(2)16(19)15-9-8-13-6-4-5-7-14(13)17-15/h12-15,17H,4-11H2,1-3H3. The maximum atomic E-state index is 12.6. The minimum absolute atomic E-state index is 0.0658. The van der Waals surface area contributed by atoms with E-state index in [0.717, 1.165) is 24.5 Å². The van der Waals surface area contributed by atoms with Crippen LogP contribution >= 0.6 is 11.8 Å². The molecule has 0 bridgehead atoms. The molecule has 4 unspecified atom stereocenters. The molecule has 2 fully saturated rings. The van der Waals surface area contributed by atoms with Gasteiger partial charge in [-0.15, -0.1) is 0 Å². The van der Waals surface area contributed by atoms with E-state index < -0.39 is 0 Å². The number of thioether (sulfide) groups is 1. The Kier molecular flexibility index (Phi) is 6.21. The highest BCUT2D eigenvalue weighted by Gasteiger charge is 2.35. The van der Waals surface area contributed by atoms with Gasteiger partial charge >= 0.3 is 0 Å². The number of nitrogens with zero attached hydrogens (tertiary/aromatic N) is 1. The summed E-state index contributed by atoms with van der Waals surface area (Å²) in [5.74, 6) is 2.26. The number of rotatable bonds is 5. The molecule has 1 saturated carbocycles. The first-order valence-corrected chi connectivity index (χ1v) is 9.54. The van der Waals surface area contributed by atoms with Crippen LogP contribution in [0.2, 0.25) is 0 Å². The quantitative estimate of drug-likeness (QED) is 0.847. The first-order valence-electron chi connectivity index (χ1n) is 8.15. The predicted molar refractivity (Wildman–Crippen MR) is 87.1 cm³/mol. The van der Waals surface area contributed by atoms with Gasteiger partial charge in [-0.3, -0.25) is 4.79 Å². The Morgan fingerprint density at radius 2 is 2.05 bits per heavy atom. The van der Waals surface area contributed by atoms with Crippen molar-refractivity contribution in [2.24, 2.45) is 5.92 Å². The van der Waals surface area contributed by atoms with Gasteiger partial charge in [-0.05, 0) is 57.0 Å². The predicted octanol–water partition coefficient (Wildman–Crippen LogP) is 2.90. The van der Waals surface area contributed by atoms with E-state index in [-0.39, 0.29) is 6.04 Å². The molecule has 1 amide bonds. The minimum atomic E-state index is 0.0658. The van der Waals surface area contributed by atoms with Crippen LogP contribution in [0, 0.1) is 5.92 Å². The second-order valence-electron chi connectivity index (χ2n) is 6.53. The Balaban J connectivity index is 1.85. The number of hydrogen-bond acceptors (Lipinski definition) is 3. The van der Waals surface area contributed by atoms with Gasteiger partial charge < -0.3 is 10.2 Å². The molecule has 1 N–H and O–H groups in total. The van der Waals surface area contributed by atoms with Crippen molar-refractivity contribution >= 4 is 17.7 Å². The first kappa shape index (κ1) is 16.2. The molecule has 0 radical (unpaired) electrons. The molecule has 4 heteroatoms. The summed E-state index contributed by atoms with van der Waals surface area (Å²) in [5.41, 5.74) is 0. The molecule has 2 rings (SSSR count). The van der Waals surface area contributed by atoms with Crippen LogP contribution in [0.5, 0.6) is 0 Å². The van der Waals surface area contributed by atoms with E-state index in [0.29, 0.717) is 18.0 Å². The lowest BCUT2D eigenvalue weighted by Gasteiger charge is -2.41. The fourth-order valence-electron chi connectivity index (χ4n) is 3.63. The largest absolute Gasteiger partial charge is 0.342 e. The van der Waals surface area contributed by atoms with E-state index in [9.17, 15) is 4.79 Å². The van der Waals surface area contributed by atoms with Crippen LogP contribution in [0.15, 0.2) is 0 Å². The van der Waals surface area contributed by atoms with E-state index >= 15 is 0 Å². The second kappa shape index (κ2) is 7.69. The lowest BCUT2D eigenvalue weighted by Crippen LogP contribution is -2.56. The molecule has 1 aliphatic heterocycles. The summed E-state index contributed by atoms with van der Waals surface area (Å²) < 4.78 is 0. The van der Waals surface area contributed by atoms with Crippen LogP contribution in [0.25, 0.3) is 0 Å². The van der Waals surface area contributed by atoms with Gasteiger partial charge in [-0.1, -0.05) is 12.8 Å². The van der Waals surface area contributed by atoms with Crippen LogP contribution < -0.4 is 5.32 Å². The van der Waals surface area contributed by atoms with Crippen molar-refractivity contribution in [3.63, 3.8) is 0 Å². The van der Waals surface area contributed by atoms with Crippen molar-refractivity contribution in [2.75, 3.05) is 19.1 Å². The highest BCUT2D eigenvalue weighted by atomic mass is 32.2. The minimum Gasteiger partial charge on any atom is -0.342 e. The zero-order valence-electron chi connectivity index (χ0n) is 13.2. The molecule has 0 spiro atoms. The maximum absolute atomic E-state index is 12.6. The summed E-state index contributed by atoms with van der Waals surface area (Å²) >= 11 is 1.86. The summed E-state index contributed by atoms with van der Waals surface area (Å²) in [6.07, 6.45) is 10.8. The maximum Gasteiger partial charge on any atom is 0.239 e. The lowest BCUT2D eigenvalue weighted by atomic mass is 9.77. The van der Waals surface area contributed by atoms with E-state index in [1.165, 1.54) is 32.1 Å². The van der Waals surface area contributed by atoms with Gasteiger partial charge in [0.1, 0.15) is 0 Å². The van der Waals surface area contributed by atoms with Gasteiger partial charge in [0.05, 0.1) is 6.04 Å². The molecule has 1 saturated heterocycles. The highest BCUT2D eigenvalue weighted by Crippen LogP contribution is 2.32. The number of fused-ring (bicyclic) bond motifs is 1. The molecule has 0 aromatic carbocycles. The first-order chi connectivity index (χ1) is 9.63. The summed E-state index contributed by atoms with van der Waals surface area (Å²) in [4.78, 5) is 14.6. The number of nitrogens with one attached hydrogen (secondary N) is 1. The fourth-order valence-corrected chi connectivity index (χ4v) is 4.21. The van der Waals surface area contributed by atoms with Crippen LogP contribution in [-0.4, -0.2) is 48.0 Å². The van der Waals surface area contributed by atoms with Crippen molar-refractivity contribution in [1.29, 1.82) is 0 Å². The summed E-state index contributed by atoms with van der Waals surface area (Å²) in [5, 5.41) is 3.65. The SMILES string of the molecule is CSCCC(C)N(C)C(=O)C1CCC2CCCCC2N1. The van der Waals surface area contributed by atoms with Crippen molar-refractivity contribution in [3.05, 3.63) is 0 Å². The van der Waals surface area contributed by atoms with Crippen molar-refractivity contribution in [2.45, 2.75) is 70.0 Å². The Morgan fingerprint density at radius 1 is 1.30 bits per heavy atom. The Morgan fingerprint density at radius 3 is 2.80 bits per heavy atom. The third-order valence-electron chi connectivity index (χ3n) is 5.20. The average molecular weight is 298 g/mol. The number of carbonyl (C=O) groups is 1. The number of hydrogen-bond donors (Lipinski definition) is 1. The van der Waals surface area contributed by atoms with E-state index in [1.807, 2.05) is 23.7 Å². The molecular formula is C16H30N2OS. The van der Waals surface area contributed by atoms with Crippen LogP contribution in [0.4, 0.5) is 0 Å². The van der Waals surface area contributed by atoms with Gasteiger partial charge in [0.15, 0.2) is 0 Å². The molecule has 1 aliphatic carbocycles. The van der Waals surface area contributed by atoms with Gasteiger partial charge in [-0.2, -0.15) is 11.8 Å². The smallest absolute Gasteiger partial charge is 0.239 e. The molecule has 4 atom stereocenters. The Labute approximate surface area is 128 Å². The Hall–Kier alpha value is -0.220. The fraction of sp³-hybridized carbons (Fsp3) is 0.938. The zero-order valence-corrected chi connectivity index (χ0v) is 14.0. The third-order valence-corrected chi connectivity index (χ3v) is 5.84. The lowest BCUT2D eigenvalue weighted by molar-refractivity contribution is -0.135. The number of piperidine rings is 1. The number of amides is 1. The molecular weight excluding hydrogens is 268 g/mol. The van der Waals surface area contributed by atoms with Crippen LogP contribution in [0.3, 0.4) is 0 Å². The van der Waals surface area contributed by atoms with Gasteiger partial charge in [0, 0.05) is 19.1 Å². The topological polar surface area (TPSA) is 32.3 Å². The molecule has 116 valence electrons. The summed E-state index contributed by atoms with van der Waals surface area (Å²) in [7, 11) is 1.97. The van der Waals surface area contributed by atoms with Crippen molar-refractivity contribution < 1.29 is 4.79 Å². The monoisotopic (exact) mass is 298 g/mol. The Bertz CT molecular complexity index is 324. The third kappa shape index (κ3) is 3.91. The van der Waals surface area contributed by atoms with Gasteiger partial charge in [-0.25, -0.2) is 0 Å². The molecule has 20 heavy (non-hydrogen) atoms. The number of carbonyl (C=O) groups excluding carboxylic acids is 1. The van der Waals surface area contributed by atoms with E-state index in [2.05, 4.69) is 18.5 Å². The van der Waals surface area contributed by atoms with Gasteiger partial charge in [0.2, 0.25) is 5.91 Å². The second-order valence-corrected chi connectivity index (χ2v) is 7.51.